The van der Waals surface area contributed by atoms with Crippen LogP contribution >= 0.6 is 0 Å². The highest BCUT2D eigenvalue weighted by atomic mass is 16.6. The molecule has 0 spiro atoms. The minimum atomic E-state index is -0.452. The monoisotopic (exact) mass is 318 g/mol. The second kappa shape index (κ2) is 5.56. The van der Waals surface area contributed by atoms with Crippen molar-refractivity contribution in [2.75, 3.05) is 0 Å². The number of carbonyl (C=O) groups excluding carboxylic acids is 1. The van der Waals surface area contributed by atoms with Crippen molar-refractivity contribution >= 4 is 5.78 Å². The van der Waals surface area contributed by atoms with E-state index in [1.165, 1.54) is 11.1 Å². The number of hydrogen-bond acceptors (Lipinski definition) is 3. The number of hydrogen-bond donors (Lipinski definition) is 1. The van der Waals surface area contributed by atoms with E-state index in [2.05, 4.69) is 34.6 Å². The molecule has 1 fully saturated rings. The molecule has 0 unspecified atom stereocenters. The van der Waals surface area contributed by atoms with Crippen molar-refractivity contribution in [3.63, 3.8) is 0 Å². The normalized spacial score (nSPS) is 44.1. The number of aliphatic hydroxyl groups is 1. The molecule has 3 aliphatic rings. The molecule has 1 N–H and O–H groups in total. The molecule has 5 atom stereocenters. The van der Waals surface area contributed by atoms with Gasteiger partial charge in [-0.25, -0.2) is 0 Å². The fraction of sp³-hybridized carbons (Fsp3) is 0.750. The van der Waals surface area contributed by atoms with Gasteiger partial charge in [-0.1, -0.05) is 38.0 Å². The lowest BCUT2D eigenvalue weighted by atomic mass is 9.68. The molecule has 128 valence electrons. The molecule has 3 rings (SSSR count). The summed E-state index contributed by atoms with van der Waals surface area (Å²) in [5.41, 5.74) is 1.88. The molecule has 3 nitrogen and oxygen atoms in total. The zero-order valence-corrected chi connectivity index (χ0v) is 15.1. The van der Waals surface area contributed by atoms with Crippen LogP contribution in [0.2, 0.25) is 0 Å². The summed E-state index contributed by atoms with van der Waals surface area (Å²) in [6, 6.07) is 0. The van der Waals surface area contributed by atoms with Crippen molar-refractivity contribution in [1.82, 2.24) is 0 Å². The molecule has 0 bridgehead atoms. The molecular formula is C20H30O3. The molecular weight excluding hydrogens is 288 g/mol. The summed E-state index contributed by atoms with van der Waals surface area (Å²) in [6.45, 7) is 10.6. The van der Waals surface area contributed by atoms with Gasteiger partial charge in [-0.2, -0.15) is 0 Å². The Morgan fingerprint density at radius 2 is 2.00 bits per heavy atom. The van der Waals surface area contributed by atoms with Crippen LogP contribution in [0.3, 0.4) is 0 Å². The molecule has 0 amide bonds. The number of ketones is 1. The fourth-order valence-corrected chi connectivity index (χ4v) is 4.62. The van der Waals surface area contributed by atoms with Gasteiger partial charge in [-0.15, -0.1) is 0 Å². The number of aliphatic hydroxyl groups excluding tert-OH is 1. The lowest BCUT2D eigenvalue weighted by Gasteiger charge is -2.33. The van der Waals surface area contributed by atoms with Crippen LogP contribution < -0.4 is 0 Å². The number of allylic oxidation sites excluding steroid dienone is 3. The minimum absolute atomic E-state index is 0.0836. The summed E-state index contributed by atoms with van der Waals surface area (Å²) in [7, 11) is 0. The van der Waals surface area contributed by atoms with Gasteiger partial charge >= 0.3 is 0 Å². The van der Waals surface area contributed by atoms with E-state index in [-0.39, 0.29) is 22.9 Å². The third kappa shape index (κ3) is 2.94. The van der Waals surface area contributed by atoms with Gasteiger partial charge in [-0.05, 0) is 51.0 Å². The number of fused-ring (bicyclic) bond motifs is 2. The van der Waals surface area contributed by atoms with Crippen LogP contribution in [0.5, 0.6) is 0 Å². The summed E-state index contributed by atoms with van der Waals surface area (Å²) >= 11 is 0. The fourth-order valence-electron chi connectivity index (χ4n) is 4.62. The highest BCUT2D eigenvalue weighted by Crippen LogP contribution is 2.54. The summed E-state index contributed by atoms with van der Waals surface area (Å²) in [6.07, 6.45) is 6.82. The Morgan fingerprint density at radius 3 is 2.65 bits per heavy atom. The van der Waals surface area contributed by atoms with Crippen LogP contribution in [0.25, 0.3) is 0 Å². The first kappa shape index (κ1) is 16.9. The summed E-state index contributed by atoms with van der Waals surface area (Å²) in [5, 5.41) is 10.3. The maximum absolute atomic E-state index is 12.8. The molecule has 0 aromatic rings. The molecule has 3 heteroatoms. The number of rotatable bonds is 1. The van der Waals surface area contributed by atoms with Gasteiger partial charge in [0, 0.05) is 11.8 Å². The third-order valence-electron chi connectivity index (χ3n) is 6.26. The first-order valence-corrected chi connectivity index (χ1v) is 8.95. The Hall–Kier alpha value is -0.930. The molecule has 1 saturated heterocycles. The summed E-state index contributed by atoms with van der Waals surface area (Å²) < 4.78 is 5.94. The average Bonchev–Trinajstić information content (AvgIpc) is 2.95. The molecule has 2 aliphatic carbocycles. The number of epoxide rings is 1. The molecule has 23 heavy (non-hydrogen) atoms. The second-order valence-corrected chi connectivity index (χ2v) is 8.58. The van der Waals surface area contributed by atoms with E-state index < -0.39 is 6.10 Å². The van der Waals surface area contributed by atoms with Gasteiger partial charge < -0.3 is 9.84 Å². The van der Waals surface area contributed by atoms with Crippen molar-refractivity contribution in [2.45, 2.75) is 78.1 Å². The van der Waals surface area contributed by atoms with Crippen molar-refractivity contribution in [2.24, 2.45) is 17.3 Å². The molecule has 0 aromatic carbocycles. The van der Waals surface area contributed by atoms with Gasteiger partial charge in [0.25, 0.3) is 0 Å². The largest absolute Gasteiger partial charge is 0.389 e. The van der Waals surface area contributed by atoms with Crippen molar-refractivity contribution in [1.29, 1.82) is 0 Å². The quantitative estimate of drug-likeness (QED) is 0.591. The third-order valence-corrected chi connectivity index (χ3v) is 6.26. The molecule has 0 aromatic heterocycles. The van der Waals surface area contributed by atoms with E-state index in [9.17, 15) is 9.90 Å². The van der Waals surface area contributed by atoms with E-state index in [4.69, 9.17) is 4.74 Å². The zero-order valence-electron chi connectivity index (χ0n) is 15.1. The maximum Gasteiger partial charge on any atom is 0.162 e. The lowest BCUT2D eigenvalue weighted by Crippen LogP contribution is -2.34. The van der Waals surface area contributed by atoms with E-state index in [1.807, 2.05) is 12.2 Å². The highest BCUT2D eigenvalue weighted by molar-refractivity contribution is 5.98. The van der Waals surface area contributed by atoms with Crippen LogP contribution in [0.15, 0.2) is 23.3 Å². The maximum atomic E-state index is 12.8. The molecule has 0 saturated carbocycles. The zero-order chi connectivity index (χ0) is 17.0. The Morgan fingerprint density at radius 1 is 1.30 bits per heavy atom. The van der Waals surface area contributed by atoms with Crippen LogP contribution in [0.4, 0.5) is 0 Å². The minimum Gasteiger partial charge on any atom is -0.389 e. The summed E-state index contributed by atoms with van der Waals surface area (Å²) in [5.74, 6) is 0.963. The Bertz CT molecular complexity index is 573. The van der Waals surface area contributed by atoms with Crippen molar-refractivity contribution < 1.29 is 14.6 Å². The van der Waals surface area contributed by atoms with Gasteiger partial charge in [0.05, 0.1) is 17.8 Å². The smallest absolute Gasteiger partial charge is 0.162 e. The number of ether oxygens (including phenoxy) is 1. The predicted molar refractivity (Wildman–Crippen MR) is 91.0 cm³/mol. The average molecular weight is 318 g/mol. The standard InChI is InChI=1S/C20H30O3/c1-12(2)15-9-17(22)19(4)11-18-20(5,23-18)10-14(21)8-13(3)6-7-16(15)19/h8-9,12,14,16,18,21H,6-7,10-11H2,1-5H3/t14-,16-,18-,19+,20-/m0/s1. The Labute approximate surface area is 139 Å². The molecule has 1 aliphatic heterocycles. The van der Waals surface area contributed by atoms with Crippen LogP contribution in [-0.4, -0.2) is 28.7 Å². The Balaban J connectivity index is 1.94. The number of carbonyl (C=O) groups is 1. The molecule has 0 radical (unpaired) electrons. The van der Waals surface area contributed by atoms with Crippen molar-refractivity contribution in [3.8, 4) is 0 Å². The molecule has 1 heterocycles. The Kier molecular flexibility index (Phi) is 4.09. The van der Waals surface area contributed by atoms with Gasteiger partial charge in [0.2, 0.25) is 0 Å². The van der Waals surface area contributed by atoms with Gasteiger partial charge in [-0.3, -0.25) is 4.79 Å². The van der Waals surface area contributed by atoms with E-state index in [0.717, 1.165) is 19.3 Å². The summed E-state index contributed by atoms with van der Waals surface area (Å²) in [4.78, 5) is 12.8. The lowest BCUT2D eigenvalue weighted by molar-refractivity contribution is -0.124. The van der Waals surface area contributed by atoms with Crippen LogP contribution in [-0.2, 0) is 9.53 Å². The topological polar surface area (TPSA) is 49.8 Å². The van der Waals surface area contributed by atoms with Crippen LogP contribution in [0.1, 0.15) is 60.3 Å². The first-order chi connectivity index (χ1) is 10.7. The van der Waals surface area contributed by atoms with E-state index in [1.54, 1.807) is 0 Å². The van der Waals surface area contributed by atoms with E-state index >= 15 is 0 Å². The van der Waals surface area contributed by atoms with Gasteiger partial charge in [0.1, 0.15) is 0 Å². The van der Waals surface area contributed by atoms with Crippen LogP contribution in [0, 0.1) is 17.3 Å². The first-order valence-electron chi connectivity index (χ1n) is 8.95. The van der Waals surface area contributed by atoms with Crippen molar-refractivity contribution in [3.05, 3.63) is 23.3 Å². The van der Waals surface area contributed by atoms with E-state index in [0.29, 0.717) is 18.3 Å². The highest BCUT2D eigenvalue weighted by Gasteiger charge is 2.58. The van der Waals surface area contributed by atoms with Gasteiger partial charge in [0.15, 0.2) is 5.78 Å². The SMILES string of the molecule is CC1=C[C@H](O)C[C@]2(C)O[C@H]2C[C@@]2(C)C(=O)C=C(C(C)C)[C@@H]2CC1. The second-order valence-electron chi connectivity index (χ2n) is 8.58. The predicted octanol–water partition coefficient (Wildman–Crippen LogP) is 3.81.